The molecular weight excluding hydrogens is 342 g/mol. The number of rotatable bonds is 5. The molecule has 2 aromatic rings. The molecule has 1 saturated heterocycles. The van der Waals surface area contributed by atoms with Crippen molar-refractivity contribution in [1.82, 2.24) is 10.2 Å². The largest absolute Gasteiger partial charge is 0.492 e. The third kappa shape index (κ3) is 3.24. The second kappa shape index (κ2) is 6.74. The fourth-order valence-corrected chi connectivity index (χ4v) is 2.92. The Balaban J connectivity index is 1.73. The lowest BCUT2D eigenvalue weighted by Gasteiger charge is -2.22. The number of aryl methyl sites for hydroxylation is 1. The van der Waals surface area contributed by atoms with E-state index in [2.05, 4.69) is 5.32 Å². The topological polar surface area (TPSA) is 58.6 Å². The zero-order valence-corrected chi connectivity index (χ0v) is 14.4. The Morgan fingerprint density at radius 3 is 2.65 bits per heavy atom. The second-order valence-electron chi connectivity index (χ2n) is 6.30. The number of ether oxygens (including phenoxy) is 1. The minimum absolute atomic E-state index is 0.00880. The number of urea groups is 1. The van der Waals surface area contributed by atoms with Crippen LogP contribution in [0.15, 0.2) is 42.5 Å². The highest BCUT2D eigenvalue weighted by atomic mass is 19.1. The van der Waals surface area contributed by atoms with E-state index in [1.807, 2.05) is 25.1 Å². The summed E-state index contributed by atoms with van der Waals surface area (Å²) in [6, 6.07) is 9.49. The number of benzene rings is 2. The number of hydrogen-bond donors (Lipinski definition) is 1. The van der Waals surface area contributed by atoms with E-state index in [0.717, 1.165) is 28.7 Å². The summed E-state index contributed by atoms with van der Waals surface area (Å²) in [6.45, 7) is 3.35. The summed E-state index contributed by atoms with van der Waals surface area (Å²) in [5.74, 6) is -1.48. The summed E-state index contributed by atoms with van der Waals surface area (Å²) in [7, 11) is 0. The zero-order chi connectivity index (χ0) is 18.9. The van der Waals surface area contributed by atoms with E-state index in [1.54, 1.807) is 6.07 Å². The number of nitrogens with one attached hydrogen (secondary N) is 1. The van der Waals surface area contributed by atoms with Gasteiger partial charge in [0.25, 0.3) is 5.91 Å². The van der Waals surface area contributed by atoms with E-state index in [9.17, 15) is 18.4 Å². The van der Waals surface area contributed by atoms with Crippen LogP contribution >= 0.6 is 0 Å². The van der Waals surface area contributed by atoms with E-state index in [0.29, 0.717) is 5.75 Å². The standard InChI is InChI=1S/C19H18F2N2O3/c1-12-4-3-5-14(10-12)26-9-8-23-17(24)19(2,22-18(23)25)15-11-13(20)6-7-16(15)21/h3-7,10-11H,8-9H2,1-2H3,(H,22,25)/t19-/m1/s1. The third-order valence-corrected chi connectivity index (χ3v) is 4.32. The van der Waals surface area contributed by atoms with Crippen molar-refractivity contribution in [1.29, 1.82) is 0 Å². The molecule has 136 valence electrons. The van der Waals surface area contributed by atoms with Crippen molar-refractivity contribution in [3.8, 4) is 5.75 Å². The normalized spacial score (nSPS) is 19.6. The maximum atomic E-state index is 14.1. The van der Waals surface area contributed by atoms with Gasteiger partial charge in [-0.3, -0.25) is 9.69 Å². The number of hydrogen-bond acceptors (Lipinski definition) is 3. The molecule has 0 aliphatic carbocycles. The summed E-state index contributed by atoms with van der Waals surface area (Å²) in [4.78, 5) is 25.8. The molecule has 1 aliphatic heterocycles. The number of imide groups is 1. The van der Waals surface area contributed by atoms with Gasteiger partial charge in [0.2, 0.25) is 0 Å². The molecule has 26 heavy (non-hydrogen) atoms. The van der Waals surface area contributed by atoms with E-state index >= 15 is 0 Å². The van der Waals surface area contributed by atoms with Gasteiger partial charge in [0.05, 0.1) is 6.54 Å². The number of amides is 3. The lowest BCUT2D eigenvalue weighted by atomic mass is 9.91. The Kier molecular flexibility index (Phi) is 4.63. The van der Waals surface area contributed by atoms with Crippen molar-refractivity contribution in [3.63, 3.8) is 0 Å². The number of halogens is 2. The van der Waals surface area contributed by atoms with Crippen LogP contribution in [0.1, 0.15) is 18.1 Å². The maximum absolute atomic E-state index is 14.1. The molecule has 1 atom stereocenters. The van der Waals surface area contributed by atoms with Crippen molar-refractivity contribution in [2.24, 2.45) is 0 Å². The van der Waals surface area contributed by atoms with Crippen LogP contribution in [0.2, 0.25) is 0 Å². The van der Waals surface area contributed by atoms with Gasteiger partial charge < -0.3 is 10.1 Å². The summed E-state index contributed by atoms with van der Waals surface area (Å²) >= 11 is 0. The summed E-state index contributed by atoms with van der Waals surface area (Å²) < 4.78 is 33.1. The quantitative estimate of drug-likeness (QED) is 0.834. The first kappa shape index (κ1) is 17.8. The monoisotopic (exact) mass is 360 g/mol. The second-order valence-corrected chi connectivity index (χ2v) is 6.30. The molecule has 1 heterocycles. The number of carbonyl (C=O) groups excluding carboxylic acids is 2. The number of carbonyl (C=O) groups is 2. The Hall–Kier alpha value is -2.96. The van der Waals surface area contributed by atoms with Gasteiger partial charge in [-0.2, -0.15) is 0 Å². The van der Waals surface area contributed by atoms with Gasteiger partial charge >= 0.3 is 6.03 Å². The third-order valence-electron chi connectivity index (χ3n) is 4.32. The maximum Gasteiger partial charge on any atom is 0.325 e. The Labute approximate surface area is 149 Å². The molecule has 3 amide bonds. The first-order valence-corrected chi connectivity index (χ1v) is 8.10. The van der Waals surface area contributed by atoms with Crippen LogP contribution in [0.4, 0.5) is 13.6 Å². The molecule has 7 heteroatoms. The fraction of sp³-hybridized carbons (Fsp3) is 0.263. The summed E-state index contributed by atoms with van der Waals surface area (Å²) in [5.41, 5.74) is -0.850. The van der Waals surface area contributed by atoms with Gasteiger partial charge in [-0.15, -0.1) is 0 Å². The highest BCUT2D eigenvalue weighted by Crippen LogP contribution is 2.31. The van der Waals surface area contributed by atoms with Crippen LogP contribution in [0, 0.1) is 18.6 Å². The van der Waals surface area contributed by atoms with Gasteiger partial charge in [-0.1, -0.05) is 12.1 Å². The van der Waals surface area contributed by atoms with Crippen LogP contribution < -0.4 is 10.1 Å². The minimum Gasteiger partial charge on any atom is -0.492 e. The molecule has 0 saturated carbocycles. The fourth-order valence-electron chi connectivity index (χ4n) is 2.92. The van der Waals surface area contributed by atoms with Crippen LogP contribution in [-0.2, 0) is 10.3 Å². The van der Waals surface area contributed by atoms with Crippen molar-refractivity contribution in [3.05, 3.63) is 65.2 Å². The first-order chi connectivity index (χ1) is 12.3. The molecular formula is C19H18F2N2O3. The Bertz CT molecular complexity index is 872. The van der Waals surface area contributed by atoms with Gasteiger partial charge in [-0.25, -0.2) is 13.6 Å². The molecule has 5 nitrogen and oxygen atoms in total. The molecule has 0 aromatic heterocycles. The first-order valence-electron chi connectivity index (χ1n) is 8.10. The van der Waals surface area contributed by atoms with E-state index in [-0.39, 0.29) is 18.7 Å². The predicted octanol–water partition coefficient (Wildman–Crippen LogP) is 3.12. The Morgan fingerprint density at radius 1 is 1.15 bits per heavy atom. The molecule has 0 radical (unpaired) electrons. The van der Waals surface area contributed by atoms with Gasteiger partial charge in [0, 0.05) is 5.56 Å². The SMILES string of the molecule is Cc1cccc(OCCN2C(=O)N[C@](C)(c3cc(F)ccc3F)C2=O)c1. The van der Waals surface area contributed by atoms with E-state index < -0.39 is 29.1 Å². The minimum atomic E-state index is -1.66. The van der Waals surface area contributed by atoms with E-state index in [1.165, 1.54) is 6.92 Å². The lowest BCUT2D eigenvalue weighted by Crippen LogP contribution is -2.42. The summed E-state index contributed by atoms with van der Waals surface area (Å²) in [5, 5.41) is 2.45. The van der Waals surface area contributed by atoms with Crippen molar-refractivity contribution >= 4 is 11.9 Å². The van der Waals surface area contributed by atoms with Crippen LogP contribution in [0.25, 0.3) is 0 Å². The molecule has 1 N–H and O–H groups in total. The van der Waals surface area contributed by atoms with Gasteiger partial charge in [-0.05, 0) is 49.7 Å². The highest BCUT2D eigenvalue weighted by Gasteiger charge is 2.50. The molecule has 1 aliphatic rings. The van der Waals surface area contributed by atoms with E-state index in [4.69, 9.17) is 4.74 Å². The van der Waals surface area contributed by atoms with Gasteiger partial charge in [0.15, 0.2) is 0 Å². The predicted molar refractivity (Wildman–Crippen MR) is 90.6 cm³/mol. The molecule has 1 fully saturated rings. The summed E-state index contributed by atoms with van der Waals surface area (Å²) in [6.07, 6.45) is 0. The van der Waals surface area contributed by atoms with Crippen molar-refractivity contribution in [2.45, 2.75) is 19.4 Å². The molecule has 0 spiro atoms. The van der Waals surface area contributed by atoms with Gasteiger partial charge in [0.1, 0.15) is 29.5 Å². The smallest absolute Gasteiger partial charge is 0.325 e. The zero-order valence-electron chi connectivity index (χ0n) is 14.4. The number of nitrogens with zero attached hydrogens (tertiary/aromatic N) is 1. The highest BCUT2D eigenvalue weighted by molar-refractivity contribution is 6.07. The van der Waals surface area contributed by atoms with Crippen molar-refractivity contribution in [2.75, 3.05) is 13.2 Å². The lowest BCUT2D eigenvalue weighted by molar-refractivity contribution is -0.131. The van der Waals surface area contributed by atoms with Crippen LogP contribution in [0.3, 0.4) is 0 Å². The average molecular weight is 360 g/mol. The molecule has 2 aromatic carbocycles. The molecule has 0 bridgehead atoms. The van der Waals surface area contributed by atoms with Crippen LogP contribution in [0.5, 0.6) is 5.75 Å². The average Bonchev–Trinajstić information content (AvgIpc) is 2.81. The molecule has 3 rings (SSSR count). The van der Waals surface area contributed by atoms with Crippen molar-refractivity contribution < 1.29 is 23.1 Å². The Morgan fingerprint density at radius 2 is 1.92 bits per heavy atom. The molecule has 0 unspecified atom stereocenters. The van der Waals surface area contributed by atoms with Crippen LogP contribution in [-0.4, -0.2) is 30.0 Å².